The number of aliphatic imine (C=N–C) groups is 1. The molecule has 142 valence electrons. The fraction of sp³-hybridized carbons (Fsp3) is 0.409. The minimum atomic E-state index is -0.279. The van der Waals surface area contributed by atoms with Crippen LogP contribution in [0, 0.1) is 0 Å². The Morgan fingerprint density at radius 2 is 1.89 bits per heavy atom. The normalized spacial score (nSPS) is 19.0. The summed E-state index contributed by atoms with van der Waals surface area (Å²) in [6.07, 6.45) is 1.65. The van der Waals surface area contributed by atoms with E-state index in [1.54, 1.807) is 13.2 Å². The Morgan fingerprint density at radius 3 is 2.56 bits per heavy atom. The van der Waals surface area contributed by atoms with Crippen LogP contribution in [0.15, 0.2) is 33.7 Å². The second-order valence-corrected chi connectivity index (χ2v) is 9.43. The number of ether oxygens (including phenoxy) is 2. The van der Waals surface area contributed by atoms with Gasteiger partial charge < -0.3 is 14.6 Å². The van der Waals surface area contributed by atoms with Crippen molar-refractivity contribution < 1.29 is 14.6 Å². The van der Waals surface area contributed by atoms with E-state index >= 15 is 0 Å². The molecule has 0 fully saturated rings. The molecule has 2 aliphatic rings. The number of phenols is 1. The smallest absolute Gasteiger partial charge is 0.166 e. The number of fused-ring (bicyclic) bond motifs is 3. The molecule has 0 aromatic heterocycles. The van der Waals surface area contributed by atoms with Crippen LogP contribution in [0.4, 0.5) is 0 Å². The van der Waals surface area contributed by atoms with Crippen LogP contribution in [0.25, 0.3) is 0 Å². The second kappa shape index (κ2) is 5.99. The minimum absolute atomic E-state index is 0.221. The van der Waals surface area contributed by atoms with Gasteiger partial charge in [-0.25, -0.2) is 0 Å². The molecule has 0 bridgehead atoms. The summed E-state index contributed by atoms with van der Waals surface area (Å²) in [6, 6.07) is 7.65. The number of halogens is 1. The lowest BCUT2D eigenvalue weighted by atomic mass is 9.81. The van der Waals surface area contributed by atoms with Gasteiger partial charge in [0, 0.05) is 23.1 Å². The molecule has 2 aromatic rings. The van der Waals surface area contributed by atoms with Gasteiger partial charge in [-0.05, 0) is 79.9 Å². The van der Waals surface area contributed by atoms with Crippen molar-refractivity contribution in [1.82, 2.24) is 0 Å². The van der Waals surface area contributed by atoms with Gasteiger partial charge in [0.05, 0.1) is 22.8 Å². The van der Waals surface area contributed by atoms with E-state index in [1.165, 1.54) is 5.56 Å². The van der Waals surface area contributed by atoms with Gasteiger partial charge in [-0.2, -0.15) is 0 Å². The molecule has 27 heavy (non-hydrogen) atoms. The van der Waals surface area contributed by atoms with Crippen LogP contribution in [0.3, 0.4) is 0 Å². The number of rotatable bonds is 2. The first-order valence-corrected chi connectivity index (χ1v) is 9.90. The highest BCUT2D eigenvalue weighted by Gasteiger charge is 2.39. The van der Waals surface area contributed by atoms with Crippen LogP contribution < -0.4 is 9.47 Å². The fourth-order valence-electron chi connectivity index (χ4n) is 4.08. The fourth-order valence-corrected chi connectivity index (χ4v) is 4.46. The molecule has 0 saturated heterocycles. The molecule has 2 heterocycles. The lowest BCUT2D eigenvalue weighted by Crippen LogP contribution is -2.30. The quantitative estimate of drug-likeness (QED) is 0.726. The maximum absolute atomic E-state index is 9.91. The van der Waals surface area contributed by atoms with Crippen molar-refractivity contribution in [3.63, 3.8) is 0 Å². The van der Waals surface area contributed by atoms with Crippen molar-refractivity contribution in [3.05, 3.63) is 51.0 Å². The Morgan fingerprint density at radius 1 is 1.15 bits per heavy atom. The van der Waals surface area contributed by atoms with E-state index in [9.17, 15) is 5.11 Å². The highest BCUT2D eigenvalue weighted by molar-refractivity contribution is 9.10. The monoisotopic (exact) mass is 429 g/mol. The third kappa shape index (κ3) is 3.12. The first kappa shape index (κ1) is 18.4. The summed E-state index contributed by atoms with van der Waals surface area (Å²) in [4.78, 5) is 5.10. The van der Waals surface area contributed by atoms with Crippen molar-refractivity contribution in [3.8, 4) is 17.2 Å². The van der Waals surface area contributed by atoms with Gasteiger partial charge in [-0.3, -0.25) is 4.99 Å². The minimum Gasteiger partial charge on any atom is -0.507 e. The lowest BCUT2D eigenvalue weighted by Gasteiger charge is -2.31. The Balaban J connectivity index is 1.99. The highest BCUT2D eigenvalue weighted by atomic mass is 79.9. The molecule has 2 aromatic carbocycles. The molecule has 2 aliphatic heterocycles. The van der Waals surface area contributed by atoms with Crippen molar-refractivity contribution >= 4 is 21.6 Å². The van der Waals surface area contributed by atoms with Gasteiger partial charge in [0.15, 0.2) is 11.5 Å². The second-order valence-electron chi connectivity index (χ2n) is 8.57. The summed E-state index contributed by atoms with van der Waals surface area (Å²) in [6.45, 7) is 8.48. The van der Waals surface area contributed by atoms with Gasteiger partial charge in [0.1, 0.15) is 11.4 Å². The number of benzene rings is 2. The maximum atomic E-state index is 9.91. The SMILES string of the molecule is COc1cc2c(c3c1OC(C)(C)C3)C(c1ccc(O)c(Br)c1)=NC(C)(C)C2. The number of hydrogen-bond acceptors (Lipinski definition) is 4. The molecule has 4 nitrogen and oxygen atoms in total. The number of methoxy groups -OCH3 is 1. The Kier molecular flexibility index (Phi) is 4.08. The van der Waals surface area contributed by atoms with E-state index in [0.717, 1.165) is 46.7 Å². The summed E-state index contributed by atoms with van der Waals surface area (Å²) < 4.78 is 12.5. The van der Waals surface area contributed by atoms with Crippen LogP contribution in [-0.4, -0.2) is 29.1 Å². The van der Waals surface area contributed by atoms with Crippen molar-refractivity contribution in [2.75, 3.05) is 7.11 Å². The van der Waals surface area contributed by atoms with Crippen molar-refractivity contribution in [1.29, 1.82) is 0 Å². The Bertz CT molecular complexity index is 976. The largest absolute Gasteiger partial charge is 0.507 e. The maximum Gasteiger partial charge on any atom is 0.166 e. The van der Waals surface area contributed by atoms with Gasteiger partial charge in [0.2, 0.25) is 0 Å². The van der Waals surface area contributed by atoms with E-state index < -0.39 is 0 Å². The molecule has 0 unspecified atom stereocenters. The number of phenolic OH excluding ortho intramolecular Hbond substituents is 1. The molecule has 1 N–H and O–H groups in total. The zero-order valence-electron chi connectivity index (χ0n) is 16.3. The number of hydrogen-bond donors (Lipinski definition) is 1. The molecule has 0 aliphatic carbocycles. The van der Waals surface area contributed by atoms with Crippen molar-refractivity contribution in [2.45, 2.75) is 51.7 Å². The Labute approximate surface area is 168 Å². The Hall–Kier alpha value is -2.01. The summed E-state index contributed by atoms with van der Waals surface area (Å²) in [7, 11) is 1.69. The van der Waals surface area contributed by atoms with E-state index in [4.69, 9.17) is 14.5 Å². The van der Waals surface area contributed by atoms with E-state index in [0.29, 0.717) is 4.47 Å². The van der Waals surface area contributed by atoms with Gasteiger partial charge in [-0.15, -0.1) is 0 Å². The van der Waals surface area contributed by atoms with Crippen LogP contribution in [0.1, 0.15) is 49.9 Å². The predicted octanol–water partition coefficient (Wildman–Crippen LogP) is 5.05. The molecule has 4 rings (SSSR count). The average Bonchev–Trinajstić information content (AvgIpc) is 2.89. The van der Waals surface area contributed by atoms with Gasteiger partial charge in [-0.1, -0.05) is 0 Å². The molecular formula is C22H24BrNO3. The van der Waals surface area contributed by atoms with E-state index in [2.05, 4.69) is 49.7 Å². The number of nitrogens with zero attached hydrogens (tertiary/aromatic N) is 1. The summed E-state index contributed by atoms with van der Waals surface area (Å²) in [5.74, 6) is 1.84. The molecule has 0 spiro atoms. The first-order chi connectivity index (χ1) is 12.6. The topological polar surface area (TPSA) is 51.0 Å². The van der Waals surface area contributed by atoms with Gasteiger partial charge in [0.25, 0.3) is 0 Å². The summed E-state index contributed by atoms with van der Waals surface area (Å²) >= 11 is 3.43. The highest BCUT2D eigenvalue weighted by Crippen LogP contribution is 2.48. The predicted molar refractivity (Wildman–Crippen MR) is 111 cm³/mol. The van der Waals surface area contributed by atoms with Crippen LogP contribution in [-0.2, 0) is 12.8 Å². The van der Waals surface area contributed by atoms with Gasteiger partial charge >= 0.3 is 0 Å². The van der Waals surface area contributed by atoms with Crippen LogP contribution in [0.5, 0.6) is 17.2 Å². The zero-order valence-corrected chi connectivity index (χ0v) is 17.9. The third-order valence-corrected chi connectivity index (χ3v) is 5.76. The lowest BCUT2D eigenvalue weighted by molar-refractivity contribution is 0.134. The van der Waals surface area contributed by atoms with Crippen molar-refractivity contribution in [2.24, 2.45) is 4.99 Å². The average molecular weight is 430 g/mol. The molecular weight excluding hydrogens is 406 g/mol. The molecule has 0 radical (unpaired) electrons. The van der Waals surface area contributed by atoms with Crippen LogP contribution in [0.2, 0.25) is 0 Å². The molecule has 5 heteroatoms. The van der Waals surface area contributed by atoms with Crippen LogP contribution >= 0.6 is 15.9 Å². The molecule has 0 atom stereocenters. The third-order valence-electron chi connectivity index (χ3n) is 5.12. The summed E-state index contributed by atoms with van der Waals surface area (Å²) in [5, 5.41) is 9.91. The molecule has 0 saturated carbocycles. The summed E-state index contributed by atoms with van der Waals surface area (Å²) in [5.41, 5.74) is 4.96. The van der Waals surface area contributed by atoms with E-state index in [1.807, 2.05) is 12.1 Å². The molecule has 0 amide bonds. The number of aromatic hydroxyl groups is 1. The first-order valence-electron chi connectivity index (χ1n) is 9.11. The van der Waals surface area contributed by atoms with E-state index in [-0.39, 0.29) is 16.9 Å². The standard InChI is InChI=1S/C22H24BrNO3/c1-21(2)10-13-9-17(26-5)20-14(11-22(3,4)27-20)18(13)19(24-21)12-6-7-16(25)15(23)8-12/h6-9,25H,10-11H2,1-5H3. The zero-order chi connectivity index (χ0) is 19.6.